The molecule has 0 amide bonds. The van der Waals surface area contributed by atoms with E-state index in [1.165, 1.54) is 0 Å². The highest BCUT2D eigenvalue weighted by atomic mass is 16.5. The summed E-state index contributed by atoms with van der Waals surface area (Å²) in [7, 11) is 0. The first-order valence-electron chi connectivity index (χ1n) is 8.96. The number of hydrogen-bond acceptors (Lipinski definition) is 5. The Labute approximate surface area is 139 Å². The first-order chi connectivity index (χ1) is 10.9. The third-order valence-corrected chi connectivity index (χ3v) is 4.66. The summed E-state index contributed by atoms with van der Waals surface area (Å²) < 4.78 is 11.2. The first-order valence-corrected chi connectivity index (χ1v) is 8.96. The van der Waals surface area contributed by atoms with Gasteiger partial charge in [0.25, 0.3) is 0 Å². The molecule has 3 atom stereocenters. The van der Waals surface area contributed by atoms with E-state index in [9.17, 15) is 9.59 Å². The molecule has 2 rings (SSSR count). The summed E-state index contributed by atoms with van der Waals surface area (Å²) in [6.45, 7) is 10.5. The Bertz CT molecular complexity index is 421. The van der Waals surface area contributed by atoms with Gasteiger partial charge in [0, 0.05) is 25.3 Å². The number of rotatable bonds is 7. The van der Waals surface area contributed by atoms with Gasteiger partial charge in [-0.3, -0.25) is 14.5 Å². The zero-order chi connectivity index (χ0) is 17.0. The van der Waals surface area contributed by atoms with Crippen molar-refractivity contribution in [2.75, 3.05) is 19.7 Å². The molecule has 0 aromatic rings. The van der Waals surface area contributed by atoms with Gasteiger partial charge in [0.05, 0.1) is 12.6 Å². The Morgan fingerprint density at radius 2 is 1.61 bits per heavy atom. The van der Waals surface area contributed by atoms with Crippen molar-refractivity contribution in [1.29, 1.82) is 0 Å². The standard InChI is InChI=1S/C18H31NO4/c1-12(2)9-16(20)22-11-14-5-7-19-8-6-15(18(14)19)23-17(21)10-13(3)4/h12-15,18H,5-11H2,1-4H3/t14-,15-,18-/m1/s1. The van der Waals surface area contributed by atoms with Crippen LogP contribution >= 0.6 is 0 Å². The molecule has 0 spiro atoms. The molecule has 2 heterocycles. The van der Waals surface area contributed by atoms with Gasteiger partial charge in [-0.1, -0.05) is 27.7 Å². The Kier molecular flexibility index (Phi) is 6.45. The monoisotopic (exact) mass is 325 g/mol. The van der Waals surface area contributed by atoms with Crippen molar-refractivity contribution in [3.8, 4) is 0 Å². The lowest BCUT2D eigenvalue weighted by Crippen LogP contribution is -2.38. The maximum Gasteiger partial charge on any atom is 0.306 e. The molecule has 0 unspecified atom stereocenters. The second kappa shape index (κ2) is 8.13. The van der Waals surface area contributed by atoms with Crippen LogP contribution in [-0.4, -0.2) is 48.7 Å². The minimum Gasteiger partial charge on any atom is -0.465 e. The van der Waals surface area contributed by atoms with Crippen molar-refractivity contribution in [3.05, 3.63) is 0 Å². The largest absolute Gasteiger partial charge is 0.465 e. The second-order valence-corrected chi connectivity index (χ2v) is 7.77. The normalized spacial score (nSPS) is 27.5. The number of carbonyl (C=O) groups excluding carboxylic acids is 2. The van der Waals surface area contributed by atoms with Crippen molar-refractivity contribution in [1.82, 2.24) is 4.90 Å². The van der Waals surface area contributed by atoms with E-state index in [0.717, 1.165) is 25.9 Å². The van der Waals surface area contributed by atoms with E-state index in [0.29, 0.717) is 31.3 Å². The predicted octanol–water partition coefficient (Wildman–Crippen LogP) is 2.63. The van der Waals surface area contributed by atoms with E-state index in [-0.39, 0.29) is 30.0 Å². The summed E-state index contributed by atoms with van der Waals surface area (Å²) in [5.74, 6) is 0.694. The van der Waals surface area contributed by atoms with Crippen molar-refractivity contribution in [2.45, 2.75) is 65.5 Å². The summed E-state index contributed by atoms with van der Waals surface area (Å²) in [6.07, 6.45) is 2.80. The lowest BCUT2D eigenvalue weighted by molar-refractivity contribution is -0.153. The number of esters is 2. The van der Waals surface area contributed by atoms with Gasteiger partial charge < -0.3 is 9.47 Å². The average Bonchev–Trinajstić information content (AvgIpc) is 2.98. The zero-order valence-electron chi connectivity index (χ0n) is 14.9. The Morgan fingerprint density at radius 1 is 1.00 bits per heavy atom. The molecule has 2 fully saturated rings. The van der Waals surface area contributed by atoms with Crippen LogP contribution in [0.3, 0.4) is 0 Å². The Morgan fingerprint density at radius 3 is 2.26 bits per heavy atom. The van der Waals surface area contributed by atoms with E-state index in [1.807, 2.05) is 27.7 Å². The summed E-state index contributed by atoms with van der Waals surface area (Å²) in [5.41, 5.74) is 0. The predicted molar refractivity (Wildman–Crippen MR) is 87.8 cm³/mol. The van der Waals surface area contributed by atoms with E-state index in [2.05, 4.69) is 4.90 Å². The lowest BCUT2D eigenvalue weighted by atomic mass is 9.97. The fourth-order valence-corrected chi connectivity index (χ4v) is 3.67. The number of ether oxygens (including phenoxy) is 2. The molecule has 0 radical (unpaired) electrons. The van der Waals surface area contributed by atoms with Crippen LogP contribution in [0.2, 0.25) is 0 Å². The zero-order valence-corrected chi connectivity index (χ0v) is 14.9. The lowest BCUT2D eigenvalue weighted by Gasteiger charge is -2.26. The molecule has 23 heavy (non-hydrogen) atoms. The molecule has 0 bridgehead atoms. The fourth-order valence-electron chi connectivity index (χ4n) is 3.67. The second-order valence-electron chi connectivity index (χ2n) is 7.77. The molecule has 0 aromatic carbocycles. The molecular formula is C18H31NO4. The summed E-state index contributed by atoms with van der Waals surface area (Å²) in [4.78, 5) is 26.1. The number of fused-ring (bicyclic) bond motifs is 1. The van der Waals surface area contributed by atoms with Crippen LogP contribution < -0.4 is 0 Å². The van der Waals surface area contributed by atoms with Crippen LogP contribution in [-0.2, 0) is 19.1 Å². The quantitative estimate of drug-likeness (QED) is 0.674. The van der Waals surface area contributed by atoms with Gasteiger partial charge in [-0.2, -0.15) is 0 Å². The van der Waals surface area contributed by atoms with Crippen molar-refractivity contribution in [2.24, 2.45) is 17.8 Å². The van der Waals surface area contributed by atoms with Crippen molar-refractivity contribution >= 4 is 11.9 Å². The van der Waals surface area contributed by atoms with Crippen LogP contribution in [0.1, 0.15) is 53.4 Å². The first kappa shape index (κ1) is 18.2. The highest BCUT2D eigenvalue weighted by Gasteiger charge is 2.46. The van der Waals surface area contributed by atoms with Gasteiger partial charge in [0.15, 0.2) is 0 Å². The highest BCUT2D eigenvalue weighted by Crippen LogP contribution is 2.35. The number of carbonyl (C=O) groups is 2. The fraction of sp³-hybridized carbons (Fsp3) is 0.889. The molecule has 0 N–H and O–H groups in total. The maximum absolute atomic E-state index is 12.0. The van der Waals surface area contributed by atoms with Crippen LogP contribution in [0, 0.1) is 17.8 Å². The minimum atomic E-state index is -0.121. The van der Waals surface area contributed by atoms with Crippen LogP contribution in [0.15, 0.2) is 0 Å². The number of nitrogens with zero attached hydrogens (tertiary/aromatic N) is 1. The summed E-state index contributed by atoms with van der Waals surface area (Å²) in [5, 5.41) is 0. The number of hydrogen-bond donors (Lipinski definition) is 0. The molecule has 0 aliphatic carbocycles. The molecular weight excluding hydrogens is 294 g/mol. The highest BCUT2D eigenvalue weighted by molar-refractivity contribution is 5.70. The third kappa shape index (κ3) is 5.20. The molecule has 2 aliphatic rings. The molecule has 0 aromatic heterocycles. The Balaban J connectivity index is 1.85. The van der Waals surface area contributed by atoms with Crippen LogP contribution in [0.4, 0.5) is 0 Å². The van der Waals surface area contributed by atoms with Crippen molar-refractivity contribution in [3.63, 3.8) is 0 Å². The van der Waals surface area contributed by atoms with Gasteiger partial charge in [-0.05, 0) is 31.2 Å². The van der Waals surface area contributed by atoms with E-state index in [1.54, 1.807) is 0 Å². The van der Waals surface area contributed by atoms with E-state index >= 15 is 0 Å². The molecule has 2 saturated heterocycles. The van der Waals surface area contributed by atoms with Crippen molar-refractivity contribution < 1.29 is 19.1 Å². The smallest absolute Gasteiger partial charge is 0.306 e. The molecule has 2 aliphatic heterocycles. The van der Waals surface area contributed by atoms with Gasteiger partial charge >= 0.3 is 11.9 Å². The molecule has 132 valence electrons. The SMILES string of the molecule is CC(C)CC(=O)OC[C@H]1CCN2CC[C@@H](OC(=O)CC(C)C)[C@@H]12. The third-order valence-electron chi connectivity index (χ3n) is 4.66. The average molecular weight is 325 g/mol. The molecule has 0 saturated carbocycles. The summed E-state index contributed by atoms with van der Waals surface area (Å²) >= 11 is 0. The van der Waals surface area contributed by atoms with Gasteiger partial charge in [-0.25, -0.2) is 0 Å². The summed E-state index contributed by atoms with van der Waals surface area (Å²) in [6, 6.07) is 0.220. The Hall–Kier alpha value is -1.10. The maximum atomic E-state index is 12.0. The van der Waals surface area contributed by atoms with Gasteiger partial charge in [-0.15, -0.1) is 0 Å². The van der Waals surface area contributed by atoms with Crippen LogP contribution in [0.5, 0.6) is 0 Å². The van der Waals surface area contributed by atoms with E-state index in [4.69, 9.17) is 9.47 Å². The minimum absolute atomic E-state index is 0.0439. The molecule has 5 heteroatoms. The van der Waals surface area contributed by atoms with Crippen LogP contribution in [0.25, 0.3) is 0 Å². The van der Waals surface area contributed by atoms with Gasteiger partial charge in [0.2, 0.25) is 0 Å². The van der Waals surface area contributed by atoms with E-state index < -0.39 is 0 Å². The molecule has 5 nitrogen and oxygen atoms in total. The van der Waals surface area contributed by atoms with Gasteiger partial charge in [0.1, 0.15) is 6.10 Å². The topological polar surface area (TPSA) is 55.8 Å².